The van der Waals surface area contributed by atoms with Crippen LogP contribution in [0.15, 0.2) is 77.0 Å². The third-order valence-electron chi connectivity index (χ3n) is 4.47. The van der Waals surface area contributed by atoms with Crippen LogP contribution in [0.25, 0.3) is 5.69 Å². The summed E-state index contributed by atoms with van der Waals surface area (Å²) in [6, 6.07) is 15.8. The number of para-hydroxylation sites is 2. The summed E-state index contributed by atoms with van der Waals surface area (Å²) in [5.41, 5.74) is 3.59. The molecule has 0 atom stereocenters. The highest BCUT2D eigenvalue weighted by molar-refractivity contribution is 8.18. The van der Waals surface area contributed by atoms with Gasteiger partial charge < -0.3 is 4.74 Å². The number of rotatable bonds is 7. The van der Waals surface area contributed by atoms with Crippen LogP contribution in [0.2, 0.25) is 0 Å². The predicted octanol–water partition coefficient (Wildman–Crippen LogP) is 2.33. The van der Waals surface area contributed by atoms with Gasteiger partial charge in [0.1, 0.15) is 18.6 Å². The Morgan fingerprint density at radius 3 is 2.63 bits per heavy atom. The van der Waals surface area contributed by atoms with E-state index in [9.17, 15) is 19.2 Å². The third-order valence-corrected chi connectivity index (χ3v) is 5.69. The van der Waals surface area contributed by atoms with Crippen molar-refractivity contribution in [1.29, 1.82) is 0 Å². The Morgan fingerprint density at radius 2 is 1.89 bits per heavy atom. The van der Waals surface area contributed by atoms with Gasteiger partial charge in [0.25, 0.3) is 17.1 Å². The van der Waals surface area contributed by atoms with Crippen LogP contribution < -0.4 is 15.5 Å². The fraction of sp³-hybridized carbons (Fsp3) is 0.0455. The number of hydrazone groups is 1. The van der Waals surface area contributed by atoms with Gasteiger partial charge in [0.15, 0.2) is 0 Å². The second kappa shape index (κ2) is 10.7. The number of hydrogen-bond donors (Lipinski definition) is 2. The van der Waals surface area contributed by atoms with Gasteiger partial charge in [-0.2, -0.15) is 10.2 Å². The van der Waals surface area contributed by atoms with Crippen molar-refractivity contribution in [1.82, 2.24) is 25.1 Å². The Labute approximate surface area is 207 Å². The Hall–Kier alpha value is -4.36. The molecule has 0 saturated carbocycles. The van der Waals surface area contributed by atoms with Crippen LogP contribution in [0.4, 0.5) is 4.79 Å². The molecular formula is C22H16N6O5S2. The van der Waals surface area contributed by atoms with Gasteiger partial charge in [0.05, 0.1) is 11.1 Å². The molecule has 0 unspecified atom stereocenters. The normalized spacial score (nSPS) is 14.3. The van der Waals surface area contributed by atoms with Gasteiger partial charge in [-0.15, -0.1) is 0 Å². The molecule has 1 aliphatic rings. The lowest BCUT2D eigenvalue weighted by atomic mass is 10.2. The number of carbonyl (C=O) groups is 4. The molecule has 2 aromatic carbocycles. The Bertz CT molecular complexity index is 1430. The van der Waals surface area contributed by atoms with E-state index in [-0.39, 0.29) is 17.2 Å². The van der Waals surface area contributed by atoms with Crippen LogP contribution in [0.5, 0.6) is 5.75 Å². The maximum Gasteiger partial charge on any atom is 0.337 e. The molecule has 11 nitrogen and oxygen atoms in total. The average Bonchev–Trinajstić information content (AvgIpc) is 3.35. The summed E-state index contributed by atoms with van der Waals surface area (Å²) in [7, 11) is 0. The van der Waals surface area contributed by atoms with Gasteiger partial charge >= 0.3 is 5.97 Å². The number of carbonyl (C=O) groups excluding carboxylic acids is 4. The number of aromatic nitrogens is 3. The predicted molar refractivity (Wildman–Crippen MR) is 129 cm³/mol. The minimum Gasteiger partial charge on any atom is -0.423 e. The molecule has 0 bridgehead atoms. The standard InChI is InChI=1S/C22H16N6O5S2/c29-18(12-28-22(34)27(13-24-28)15-7-2-1-3-8-15)26-23-11-14-6-4-5-9-16(14)33-19(30)10-17-20(31)25-21(32)35-17/h1-11,13H,12H2,(H,26,29)(H,25,31,32)/b17-10-,23-11-. The Kier molecular flexibility index (Phi) is 7.28. The molecule has 176 valence electrons. The number of nitrogens with zero attached hydrogens (tertiary/aromatic N) is 4. The highest BCUT2D eigenvalue weighted by Gasteiger charge is 2.26. The number of esters is 1. The van der Waals surface area contributed by atoms with Gasteiger partial charge in [-0.05, 0) is 48.2 Å². The highest BCUT2D eigenvalue weighted by Crippen LogP contribution is 2.23. The largest absolute Gasteiger partial charge is 0.423 e. The minimum absolute atomic E-state index is 0.0632. The minimum atomic E-state index is -0.842. The van der Waals surface area contributed by atoms with E-state index >= 15 is 0 Å². The molecule has 1 aliphatic heterocycles. The molecule has 35 heavy (non-hydrogen) atoms. The average molecular weight is 509 g/mol. The van der Waals surface area contributed by atoms with Gasteiger partial charge in [0, 0.05) is 17.3 Å². The number of imide groups is 1. The first-order valence-corrected chi connectivity index (χ1v) is 11.2. The lowest BCUT2D eigenvalue weighted by Crippen LogP contribution is -2.24. The first-order chi connectivity index (χ1) is 16.9. The molecule has 0 spiro atoms. The number of nitrogens with one attached hydrogen (secondary N) is 2. The van der Waals surface area contributed by atoms with Crippen molar-refractivity contribution in [3.05, 3.63) is 82.2 Å². The number of amides is 3. The molecule has 2 N–H and O–H groups in total. The van der Waals surface area contributed by atoms with Gasteiger partial charge in [-0.25, -0.2) is 14.9 Å². The second-order valence-electron chi connectivity index (χ2n) is 6.88. The number of ether oxygens (including phenoxy) is 1. The fourth-order valence-corrected chi connectivity index (χ4v) is 3.81. The first kappa shape index (κ1) is 23.8. The molecule has 3 aromatic rings. The second-order valence-corrected chi connectivity index (χ2v) is 8.26. The number of thioether (sulfide) groups is 1. The summed E-state index contributed by atoms with van der Waals surface area (Å²) in [6.45, 7) is -0.154. The number of hydrogen-bond acceptors (Lipinski definition) is 9. The molecule has 4 rings (SSSR count). The monoisotopic (exact) mass is 508 g/mol. The van der Waals surface area contributed by atoms with Crippen LogP contribution in [0, 0.1) is 4.77 Å². The fourth-order valence-electron chi connectivity index (χ4n) is 2.90. The van der Waals surface area contributed by atoms with Gasteiger partial charge in [-0.1, -0.05) is 30.3 Å². The number of benzene rings is 2. The quantitative estimate of drug-likeness (QED) is 0.124. The van der Waals surface area contributed by atoms with E-state index in [1.165, 1.54) is 23.3 Å². The smallest absolute Gasteiger partial charge is 0.337 e. The topological polar surface area (TPSA) is 137 Å². The van der Waals surface area contributed by atoms with Crippen LogP contribution in [-0.2, 0) is 20.9 Å². The van der Waals surface area contributed by atoms with Crippen molar-refractivity contribution < 1.29 is 23.9 Å². The molecule has 0 aliphatic carbocycles. The first-order valence-electron chi connectivity index (χ1n) is 9.98. The Morgan fingerprint density at radius 1 is 1.14 bits per heavy atom. The summed E-state index contributed by atoms with van der Waals surface area (Å²) in [6.07, 6.45) is 3.76. The van der Waals surface area contributed by atoms with Crippen molar-refractivity contribution >= 4 is 53.2 Å². The molecule has 1 fully saturated rings. The van der Waals surface area contributed by atoms with E-state index in [0.29, 0.717) is 22.1 Å². The summed E-state index contributed by atoms with van der Waals surface area (Å²) in [5, 5.41) is 9.53. The summed E-state index contributed by atoms with van der Waals surface area (Å²) < 4.78 is 8.63. The molecule has 1 aromatic heterocycles. The summed E-state index contributed by atoms with van der Waals surface area (Å²) in [5.74, 6) is -1.83. The van der Waals surface area contributed by atoms with E-state index in [2.05, 4.69) is 15.6 Å². The lowest BCUT2D eigenvalue weighted by molar-refractivity contribution is -0.129. The lowest BCUT2D eigenvalue weighted by Gasteiger charge is -2.05. The molecular weight excluding hydrogens is 492 g/mol. The van der Waals surface area contributed by atoms with Crippen LogP contribution in [0.3, 0.4) is 0 Å². The highest BCUT2D eigenvalue weighted by atomic mass is 32.2. The molecule has 2 heterocycles. The van der Waals surface area contributed by atoms with Crippen LogP contribution in [0.1, 0.15) is 5.56 Å². The van der Waals surface area contributed by atoms with Crippen LogP contribution in [-0.4, -0.2) is 43.6 Å². The van der Waals surface area contributed by atoms with Crippen molar-refractivity contribution in [2.24, 2.45) is 5.10 Å². The van der Waals surface area contributed by atoms with Gasteiger partial charge in [0.2, 0.25) is 4.77 Å². The molecule has 13 heteroatoms. The van der Waals surface area contributed by atoms with Crippen molar-refractivity contribution in [2.75, 3.05) is 0 Å². The molecule has 0 radical (unpaired) electrons. The summed E-state index contributed by atoms with van der Waals surface area (Å²) >= 11 is 5.99. The van der Waals surface area contributed by atoms with E-state index in [0.717, 1.165) is 11.8 Å². The molecule has 1 saturated heterocycles. The SMILES string of the molecule is O=C(Cn1ncn(-c2ccccc2)c1=S)N/N=C\c1ccccc1OC(=O)/C=C1\SC(=O)NC1=O. The van der Waals surface area contributed by atoms with E-state index < -0.39 is 23.0 Å². The zero-order valence-corrected chi connectivity index (χ0v) is 19.4. The van der Waals surface area contributed by atoms with E-state index in [1.54, 1.807) is 22.8 Å². The Balaban J connectivity index is 1.38. The van der Waals surface area contributed by atoms with E-state index in [1.807, 2.05) is 35.6 Å². The maximum atomic E-state index is 12.3. The zero-order chi connectivity index (χ0) is 24.8. The molecule has 3 amide bonds. The van der Waals surface area contributed by atoms with E-state index in [4.69, 9.17) is 17.0 Å². The summed E-state index contributed by atoms with van der Waals surface area (Å²) in [4.78, 5) is 47.2. The van der Waals surface area contributed by atoms with Crippen molar-refractivity contribution in [3.63, 3.8) is 0 Å². The zero-order valence-electron chi connectivity index (χ0n) is 17.8. The third kappa shape index (κ3) is 5.96. The van der Waals surface area contributed by atoms with Crippen molar-refractivity contribution in [2.45, 2.75) is 6.54 Å². The van der Waals surface area contributed by atoms with Crippen molar-refractivity contribution in [3.8, 4) is 11.4 Å². The van der Waals surface area contributed by atoms with Gasteiger partial charge in [-0.3, -0.25) is 24.3 Å². The maximum absolute atomic E-state index is 12.3. The van der Waals surface area contributed by atoms with Crippen LogP contribution >= 0.6 is 24.0 Å².